The van der Waals surface area contributed by atoms with Crippen molar-refractivity contribution in [2.45, 2.75) is 76.7 Å². The van der Waals surface area contributed by atoms with Gasteiger partial charge in [-0.1, -0.05) is 72.8 Å². The maximum absolute atomic E-state index is 13.8. The summed E-state index contributed by atoms with van der Waals surface area (Å²) in [5.41, 5.74) is 1.13. The Morgan fingerprint density at radius 3 is 1.97 bits per heavy atom. The SMILES string of the molecule is COc1ccc(C(O[C@H]2C[C@H](n3ccc(NC(=O)c4ccccc4)nc3=O)O[C@@H]2COP(OCCC#N)N(C(C)C)C(C)C)(c2ccccc2)c2ccc(OC)cc2)cc1. The highest BCUT2D eigenvalue weighted by atomic mass is 31.2. The van der Waals surface area contributed by atoms with E-state index in [0.717, 1.165) is 16.7 Å². The number of anilines is 1. The molecule has 1 N–H and O–H groups in total. The molecule has 1 aliphatic rings. The fourth-order valence-corrected chi connectivity index (χ4v) is 8.95. The quantitative estimate of drug-likeness (QED) is 0.0486. The molecule has 0 radical (unpaired) electrons. The van der Waals surface area contributed by atoms with Crippen molar-refractivity contribution >= 4 is 20.3 Å². The maximum Gasteiger partial charge on any atom is 0.351 e. The van der Waals surface area contributed by atoms with Crippen molar-refractivity contribution in [3.8, 4) is 17.6 Å². The molecule has 1 amide bonds. The molecule has 1 saturated heterocycles. The summed E-state index contributed by atoms with van der Waals surface area (Å²) in [6, 6.07) is 38.0. The van der Waals surface area contributed by atoms with Crippen LogP contribution in [0.25, 0.3) is 0 Å². The zero-order valence-electron chi connectivity index (χ0n) is 34.8. The summed E-state index contributed by atoms with van der Waals surface area (Å²) in [4.78, 5) is 30.9. The van der Waals surface area contributed by atoms with E-state index >= 15 is 0 Å². The van der Waals surface area contributed by atoms with Crippen molar-refractivity contribution in [3.63, 3.8) is 0 Å². The van der Waals surface area contributed by atoms with Gasteiger partial charge in [0, 0.05) is 30.3 Å². The Morgan fingerprint density at radius 1 is 0.867 bits per heavy atom. The first kappa shape index (κ1) is 44.1. The van der Waals surface area contributed by atoms with Crippen LogP contribution < -0.4 is 20.5 Å². The van der Waals surface area contributed by atoms with E-state index in [1.165, 1.54) is 4.57 Å². The standard InChI is InChI=1S/C46H52N5O8P/c1-32(2)51(33(3)4)60(56-29-13-27-47)57-31-41-40(30-43(58-41)50-28-26-42(49-45(50)53)48-44(52)34-14-9-7-10-15-34)59-46(35-16-11-8-12-17-35,36-18-22-38(54-5)23-19-36)37-20-24-39(55-6)25-21-37/h7-12,14-26,28,32-33,40-41,43H,13,29-31H2,1-6H3,(H,48,49,52,53)/t40-,41+,43+,60?/m0/s1. The topological polar surface area (TPSA) is 146 Å². The van der Waals surface area contributed by atoms with Crippen LogP contribution in [-0.2, 0) is 24.1 Å². The van der Waals surface area contributed by atoms with Crippen molar-refractivity contribution < 1.29 is 32.8 Å². The van der Waals surface area contributed by atoms with Crippen molar-refractivity contribution in [2.75, 3.05) is 32.8 Å². The summed E-state index contributed by atoms with van der Waals surface area (Å²) in [7, 11) is 1.61. The molecule has 4 atom stereocenters. The second-order valence-corrected chi connectivity index (χ2v) is 16.1. The van der Waals surface area contributed by atoms with Gasteiger partial charge in [0.05, 0.1) is 46.0 Å². The minimum absolute atomic E-state index is 0.0405. The van der Waals surface area contributed by atoms with Gasteiger partial charge in [0.15, 0.2) is 0 Å². The Bertz CT molecular complexity index is 2180. The van der Waals surface area contributed by atoms with Crippen LogP contribution in [-0.4, -0.2) is 71.9 Å². The normalized spacial score (nSPS) is 17.1. The molecule has 0 saturated carbocycles. The Balaban J connectivity index is 1.42. The number of benzene rings is 4. The molecular weight excluding hydrogens is 782 g/mol. The summed E-state index contributed by atoms with van der Waals surface area (Å²) in [5, 5.41) is 12.0. The summed E-state index contributed by atoms with van der Waals surface area (Å²) < 4.78 is 41.9. The van der Waals surface area contributed by atoms with Crippen molar-refractivity contribution in [1.29, 1.82) is 5.26 Å². The predicted molar refractivity (Wildman–Crippen MR) is 230 cm³/mol. The van der Waals surface area contributed by atoms with Gasteiger partial charge >= 0.3 is 5.69 Å². The second kappa shape index (κ2) is 20.7. The van der Waals surface area contributed by atoms with Crippen molar-refractivity contribution in [2.24, 2.45) is 0 Å². The molecule has 14 heteroatoms. The minimum Gasteiger partial charge on any atom is -0.497 e. The fourth-order valence-electron chi connectivity index (χ4n) is 7.33. The lowest BCUT2D eigenvalue weighted by molar-refractivity contribution is -0.0974. The number of rotatable bonds is 19. The number of nitriles is 1. The molecule has 4 aromatic carbocycles. The van der Waals surface area contributed by atoms with Gasteiger partial charge in [0.25, 0.3) is 14.4 Å². The number of carbonyl (C=O) groups excluding carboxylic acids is 1. The van der Waals surface area contributed by atoms with Crippen LogP contribution >= 0.6 is 8.53 Å². The van der Waals surface area contributed by atoms with Crippen LogP contribution in [0.2, 0.25) is 0 Å². The van der Waals surface area contributed by atoms with Gasteiger partial charge in [-0.2, -0.15) is 10.2 Å². The van der Waals surface area contributed by atoms with E-state index in [0.29, 0.717) is 17.1 Å². The van der Waals surface area contributed by atoms with Gasteiger partial charge in [0.2, 0.25) is 0 Å². The third-order valence-corrected chi connectivity index (χ3v) is 12.2. The number of carbonyl (C=O) groups is 1. The molecule has 1 unspecified atom stereocenters. The largest absolute Gasteiger partial charge is 0.497 e. The molecule has 2 heterocycles. The number of ether oxygens (including phenoxy) is 4. The number of amides is 1. The third-order valence-electron chi connectivity index (χ3n) is 10.1. The first-order valence-corrected chi connectivity index (χ1v) is 21.1. The maximum atomic E-state index is 13.8. The highest BCUT2D eigenvalue weighted by molar-refractivity contribution is 7.44. The van der Waals surface area contributed by atoms with Crippen LogP contribution in [0, 0.1) is 11.3 Å². The number of methoxy groups -OCH3 is 2. The van der Waals surface area contributed by atoms with E-state index in [4.69, 9.17) is 28.0 Å². The van der Waals surface area contributed by atoms with Gasteiger partial charge < -0.3 is 33.3 Å². The van der Waals surface area contributed by atoms with E-state index in [1.54, 1.807) is 50.7 Å². The number of nitrogens with one attached hydrogen (secondary N) is 1. The summed E-state index contributed by atoms with van der Waals surface area (Å²) in [6.45, 7) is 8.53. The summed E-state index contributed by atoms with van der Waals surface area (Å²) in [6.07, 6.45) is -0.204. The Hall–Kier alpha value is -5.45. The van der Waals surface area contributed by atoms with Crippen LogP contribution in [0.5, 0.6) is 11.5 Å². The molecule has 13 nitrogen and oxygen atoms in total. The summed E-state index contributed by atoms with van der Waals surface area (Å²) in [5.74, 6) is 1.10. The number of hydrogen-bond acceptors (Lipinski definition) is 11. The smallest absolute Gasteiger partial charge is 0.351 e. The van der Waals surface area contributed by atoms with E-state index in [2.05, 4.69) is 48.7 Å². The predicted octanol–water partition coefficient (Wildman–Crippen LogP) is 8.47. The van der Waals surface area contributed by atoms with E-state index in [1.807, 2.05) is 84.9 Å². The molecule has 6 rings (SSSR count). The highest BCUT2D eigenvalue weighted by Crippen LogP contribution is 2.49. The number of nitrogens with zero attached hydrogens (tertiary/aromatic N) is 4. The number of hydrogen-bond donors (Lipinski definition) is 1. The van der Waals surface area contributed by atoms with Gasteiger partial charge in [0.1, 0.15) is 35.2 Å². The average molecular weight is 834 g/mol. The molecule has 60 heavy (non-hydrogen) atoms. The molecule has 0 aliphatic carbocycles. The lowest BCUT2D eigenvalue weighted by Gasteiger charge is -2.40. The highest BCUT2D eigenvalue weighted by Gasteiger charge is 2.47. The lowest BCUT2D eigenvalue weighted by atomic mass is 9.79. The van der Waals surface area contributed by atoms with Crippen molar-refractivity contribution in [3.05, 3.63) is 154 Å². The van der Waals surface area contributed by atoms with Gasteiger partial charge in [-0.05, 0) is 86.8 Å². The molecule has 5 aromatic rings. The zero-order chi connectivity index (χ0) is 42.6. The van der Waals surface area contributed by atoms with Gasteiger partial charge in [-0.3, -0.25) is 9.36 Å². The van der Waals surface area contributed by atoms with Gasteiger partial charge in [-0.15, -0.1) is 0 Å². The molecular formula is C46H52N5O8P. The van der Waals surface area contributed by atoms with Gasteiger partial charge in [-0.25, -0.2) is 9.46 Å². The monoisotopic (exact) mass is 833 g/mol. The van der Waals surface area contributed by atoms with E-state index in [9.17, 15) is 14.9 Å². The minimum atomic E-state index is -1.63. The Kier molecular flexibility index (Phi) is 15.2. The molecule has 314 valence electrons. The first-order chi connectivity index (χ1) is 29.1. The number of aromatic nitrogens is 2. The zero-order valence-corrected chi connectivity index (χ0v) is 35.7. The van der Waals surface area contributed by atoms with Crippen LogP contribution in [0.15, 0.2) is 126 Å². The third kappa shape index (κ3) is 10.3. The molecule has 0 spiro atoms. The fraction of sp³-hybridized carbons (Fsp3) is 0.348. The molecule has 1 fully saturated rings. The average Bonchev–Trinajstić information content (AvgIpc) is 3.66. The second-order valence-electron chi connectivity index (χ2n) is 14.7. The van der Waals surface area contributed by atoms with Crippen LogP contribution in [0.4, 0.5) is 5.82 Å². The first-order valence-electron chi connectivity index (χ1n) is 19.9. The lowest BCUT2D eigenvalue weighted by Crippen LogP contribution is -2.41. The van der Waals surface area contributed by atoms with E-state index in [-0.39, 0.29) is 49.9 Å². The molecule has 1 aliphatic heterocycles. The molecule has 0 bridgehead atoms. The Morgan fingerprint density at radius 2 is 1.43 bits per heavy atom. The summed E-state index contributed by atoms with van der Waals surface area (Å²) >= 11 is 0. The van der Waals surface area contributed by atoms with Crippen molar-refractivity contribution in [1.82, 2.24) is 14.2 Å². The van der Waals surface area contributed by atoms with Crippen LogP contribution in [0.1, 0.15) is 73.8 Å². The molecule has 1 aromatic heterocycles. The van der Waals surface area contributed by atoms with E-state index < -0.39 is 38.3 Å². The van der Waals surface area contributed by atoms with Crippen LogP contribution in [0.3, 0.4) is 0 Å². The Labute approximate surface area is 352 Å².